The van der Waals surface area contributed by atoms with Crippen LogP contribution in [0.25, 0.3) is 0 Å². The summed E-state index contributed by atoms with van der Waals surface area (Å²) in [5, 5.41) is 8.78. The standard InChI is InChI=1S/C7H10ClNO/c1-3-4-5-6(2)7(8)9-10/h3-5,9-10H,1H2,2H3/p+1. The molecular weight excluding hydrogens is 150 g/mol. The van der Waals surface area contributed by atoms with E-state index < -0.39 is 0 Å². The summed E-state index contributed by atoms with van der Waals surface area (Å²) >= 11 is 5.54. The van der Waals surface area contributed by atoms with Gasteiger partial charge in [-0.3, -0.25) is 0 Å². The molecule has 0 saturated heterocycles. The Morgan fingerprint density at radius 3 is 2.70 bits per heavy atom. The van der Waals surface area contributed by atoms with Gasteiger partial charge >= 0.3 is 0 Å². The number of hydroxylamine groups is 1. The predicted octanol–water partition coefficient (Wildman–Crippen LogP) is 1.15. The highest BCUT2D eigenvalue weighted by Crippen LogP contribution is 2.01. The maximum absolute atomic E-state index is 8.43. The number of quaternary nitrogens is 1. The van der Waals surface area contributed by atoms with Crippen molar-refractivity contribution in [3.63, 3.8) is 0 Å². The maximum atomic E-state index is 8.43. The van der Waals surface area contributed by atoms with E-state index in [1.54, 1.807) is 25.2 Å². The molecule has 0 fully saturated rings. The number of nitrogens with two attached hydrogens (primary N) is 1. The molecule has 0 saturated carbocycles. The average molecular weight is 161 g/mol. The minimum Gasteiger partial charge on any atom is -0.214 e. The topological polar surface area (TPSA) is 36.8 Å². The zero-order valence-corrected chi connectivity index (χ0v) is 6.60. The first-order valence-electron chi connectivity index (χ1n) is 2.85. The third kappa shape index (κ3) is 3.45. The maximum Gasteiger partial charge on any atom is 0.233 e. The van der Waals surface area contributed by atoms with Crippen LogP contribution in [0.3, 0.4) is 0 Å². The fourth-order valence-electron chi connectivity index (χ4n) is 0.394. The quantitative estimate of drug-likeness (QED) is 0.363. The van der Waals surface area contributed by atoms with Gasteiger partial charge < -0.3 is 0 Å². The van der Waals surface area contributed by atoms with Crippen LogP contribution in [0.5, 0.6) is 0 Å². The van der Waals surface area contributed by atoms with Crippen molar-refractivity contribution in [2.24, 2.45) is 0 Å². The van der Waals surface area contributed by atoms with E-state index in [0.29, 0.717) is 5.16 Å². The Labute approximate surface area is 65.5 Å². The highest BCUT2D eigenvalue weighted by molar-refractivity contribution is 6.28. The Bertz CT molecular complexity index is 172. The molecule has 0 aliphatic heterocycles. The molecule has 0 atom stereocenters. The smallest absolute Gasteiger partial charge is 0.214 e. The van der Waals surface area contributed by atoms with Crippen LogP contribution in [-0.4, -0.2) is 5.21 Å². The van der Waals surface area contributed by atoms with Crippen molar-refractivity contribution in [3.05, 3.63) is 35.5 Å². The van der Waals surface area contributed by atoms with Gasteiger partial charge in [0.15, 0.2) is 0 Å². The van der Waals surface area contributed by atoms with Crippen molar-refractivity contribution in [3.8, 4) is 0 Å². The van der Waals surface area contributed by atoms with Crippen LogP contribution < -0.4 is 5.48 Å². The molecule has 2 nitrogen and oxygen atoms in total. The molecule has 10 heavy (non-hydrogen) atoms. The number of allylic oxidation sites excluding steroid dienone is 4. The van der Waals surface area contributed by atoms with Crippen molar-refractivity contribution >= 4 is 11.6 Å². The zero-order valence-electron chi connectivity index (χ0n) is 5.84. The Hall–Kier alpha value is -0.570. The van der Waals surface area contributed by atoms with Crippen LogP contribution in [0.1, 0.15) is 6.92 Å². The Morgan fingerprint density at radius 2 is 2.30 bits per heavy atom. The number of rotatable bonds is 3. The third-order valence-corrected chi connectivity index (χ3v) is 1.37. The molecule has 3 heteroatoms. The summed E-state index contributed by atoms with van der Waals surface area (Å²) in [6, 6.07) is 0. The van der Waals surface area contributed by atoms with Crippen LogP contribution in [-0.2, 0) is 0 Å². The summed E-state index contributed by atoms with van der Waals surface area (Å²) in [7, 11) is 0. The fourth-order valence-corrected chi connectivity index (χ4v) is 0.457. The monoisotopic (exact) mass is 160 g/mol. The SMILES string of the molecule is C=CC=CC(C)=C(Cl)[NH2+]O. The zero-order chi connectivity index (χ0) is 7.98. The van der Waals surface area contributed by atoms with Gasteiger partial charge in [-0.15, -0.1) is 0 Å². The van der Waals surface area contributed by atoms with Crippen LogP contribution >= 0.6 is 11.6 Å². The van der Waals surface area contributed by atoms with Gasteiger partial charge in [0, 0.05) is 5.57 Å². The molecular formula is C7H11ClNO+. The molecule has 0 aliphatic rings. The van der Waals surface area contributed by atoms with Crippen molar-refractivity contribution in [1.29, 1.82) is 0 Å². The van der Waals surface area contributed by atoms with E-state index >= 15 is 0 Å². The second-order valence-corrected chi connectivity index (χ2v) is 2.16. The van der Waals surface area contributed by atoms with Crippen LogP contribution in [0, 0.1) is 0 Å². The molecule has 0 spiro atoms. The molecule has 0 aromatic rings. The Kier molecular flexibility index (Phi) is 4.94. The number of hydrogen-bond donors (Lipinski definition) is 2. The lowest BCUT2D eigenvalue weighted by molar-refractivity contribution is -0.844. The molecule has 0 heterocycles. The molecule has 0 amide bonds. The number of hydrogen-bond acceptors (Lipinski definition) is 1. The summed E-state index contributed by atoms with van der Waals surface area (Å²) in [6.45, 7) is 5.29. The second kappa shape index (κ2) is 5.23. The molecule has 56 valence electrons. The highest BCUT2D eigenvalue weighted by atomic mass is 35.5. The van der Waals surface area contributed by atoms with E-state index in [4.69, 9.17) is 16.8 Å². The van der Waals surface area contributed by atoms with Crippen LogP contribution in [0.2, 0.25) is 0 Å². The van der Waals surface area contributed by atoms with Crippen molar-refractivity contribution in [2.75, 3.05) is 0 Å². The minimum absolute atomic E-state index is 0.345. The minimum atomic E-state index is 0.345. The largest absolute Gasteiger partial charge is 0.233 e. The van der Waals surface area contributed by atoms with Gasteiger partial charge in [-0.1, -0.05) is 24.8 Å². The van der Waals surface area contributed by atoms with Gasteiger partial charge in [0.25, 0.3) is 0 Å². The van der Waals surface area contributed by atoms with E-state index in [-0.39, 0.29) is 0 Å². The Balaban J connectivity index is 4.17. The molecule has 0 aromatic carbocycles. The molecule has 0 radical (unpaired) electrons. The summed E-state index contributed by atoms with van der Waals surface area (Å²) in [4.78, 5) is 0. The van der Waals surface area contributed by atoms with Gasteiger partial charge in [-0.05, 0) is 18.5 Å². The first-order valence-corrected chi connectivity index (χ1v) is 3.23. The molecule has 0 aliphatic carbocycles. The van der Waals surface area contributed by atoms with E-state index in [2.05, 4.69) is 6.58 Å². The lowest BCUT2D eigenvalue weighted by atomic mass is 10.3. The van der Waals surface area contributed by atoms with Gasteiger partial charge in [0.1, 0.15) is 0 Å². The summed E-state index contributed by atoms with van der Waals surface area (Å²) in [5.74, 6) is 0. The molecule has 3 N–H and O–H groups in total. The summed E-state index contributed by atoms with van der Waals surface area (Å²) in [5.41, 5.74) is 1.67. The first kappa shape index (κ1) is 9.43. The number of halogens is 1. The van der Waals surface area contributed by atoms with Crippen molar-refractivity contribution < 1.29 is 10.7 Å². The lowest BCUT2D eigenvalue weighted by Crippen LogP contribution is -2.77. The van der Waals surface area contributed by atoms with E-state index in [1.165, 1.54) is 0 Å². The fraction of sp³-hybridized carbons (Fsp3) is 0.143. The first-order chi connectivity index (χ1) is 4.72. The van der Waals surface area contributed by atoms with Gasteiger partial charge in [0.2, 0.25) is 5.16 Å². The van der Waals surface area contributed by atoms with Crippen molar-refractivity contribution in [1.82, 2.24) is 0 Å². The lowest BCUT2D eigenvalue weighted by Gasteiger charge is -1.90. The van der Waals surface area contributed by atoms with Crippen LogP contribution in [0.4, 0.5) is 0 Å². The van der Waals surface area contributed by atoms with Gasteiger partial charge in [-0.2, -0.15) is 5.48 Å². The normalized spacial score (nSPS) is 13.5. The molecule has 0 rings (SSSR count). The summed E-state index contributed by atoms with van der Waals surface area (Å²) < 4.78 is 0. The van der Waals surface area contributed by atoms with Crippen molar-refractivity contribution in [2.45, 2.75) is 6.92 Å². The Morgan fingerprint density at radius 1 is 1.70 bits per heavy atom. The second-order valence-electron chi connectivity index (χ2n) is 1.75. The third-order valence-electron chi connectivity index (χ3n) is 0.972. The highest BCUT2D eigenvalue weighted by Gasteiger charge is 1.96. The predicted molar refractivity (Wildman–Crippen MR) is 41.6 cm³/mol. The molecule has 0 bridgehead atoms. The van der Waals surface area contributed by atoms with E-state index in [9.17, 15) is 0 Å². The van der Waals surface area contributed by atoms with E-state index in [0.717, 1.165) is 11.1 Å². The van der Waals surface area contributed by atoms with Crippen LogP contribution in [0.15, 0.2) is 35.5 Å². The average Bonchev–Trinajstić information content (AvgIpc) is 1.98. The molecule has 0 aromatic heterocycles. The van der Waals surface area contributed by atoms with Gasteiger partial charge in [0.05, 0.1) is 0 Å². The molecule has 0 unspecified atom stereocenters. The van der Waals surface area contributed by atoms with E-state index in [1.807, 2.05) is 0 Å². The summed E-state index contributed by atoms with van der Waals surface area (Å²) in [6.07, 6.45) is 5.16. The van der Waals surface area contributed by atoms with Gasteiger partial charge in [-0.25, -0.2) is 5.21 Å².